The molecule has 78 valence electrons. The van der Waals surface area contributed by atoms with Gasteiger partial charge in [0.25, 0.3) is 0 Å². The number of hydrazine groups is 1. The zero-order valence-electron chi connectivity index (χ0n) is 9.01. The van der Waals surface area contributed by atoms with Crippen LogP contribution in [0.3, 0.4) is 0 Å². The van der Waals surface area contributed by atoms with E-state index in [2.05, 4.69) is 29.2 Å². The van der Waals surface area contributed by atoms with Gasteiger partial charge in [-0.05, 0) is 12.8 Å². The van der Waals surface area contributed by atoms with Gasteiger partial charge in [0.1, 0.15) is 0 Å². The van der Waals surface area contributed by atoms with Crippen LogP contribution in [0.5, 0.6) is 0 Å². The van der Waals surface area contributed by atoms with Gasteiger partial charge in [0, 0.05) is 20.1 Å². The number of unbranched alkanes of at least 4 members (excludes halogenated alkanes) is 1. The molecule has 0 bridgehead atoms. The number of nitrogens with one attached hydrogen (secondary N) is 1. The lowest BCUT2D eigenvalue weighted by Crippen LogP contribution is -2.43. The molecule has 0 aromatic heterocycles. The van der Waals surface area contributed by atoms with E-state index in [0.717, 1.165) is 25.5 Å². The van der Waals surface area contributed by atoms with Gasteiger partial charge in [0.05, 0.1) is 0 Å². The second-order valence-electron chi connectivity index (χ2n) is 3.12. The molecule has 0 aromatic carbocycles. The quantitative estimate of drug-likeness (QED) is 0.291. The molecule has 0 radical (unpaired) electrons. The van der Waals surface area contributed by atoms with E-state index < -0.39 is 0 Å². The van der Waals surface area contributed by atoms with Crippen LogP contribution in [-0.2, 0) is 0 Å². The predicted molar refractivity (Wildman–Crippen MR) is 57.5 cm³/mol. The first-order valence-electron chi connectivity index (χ1n) is 4.98. The second-order valence-corrected chi connectivity index (χ2v) is 3.12. The molecule has 3 N–H and O–H groups in total. The molecule has 0 rings (SSSR count). The molecule has 0 spiro atoms. The highest BCUT2D eigenvalue weighted by atomic mass is 15.4. The first-order valence-corrected chi connectivity index (χ1v) is 4.98. The minimum Gasteiger partial charge on any atom is -0.345 e. The van der Waals surface area contributed by atoms with Crippen LogP contribution in [0, 0.1) is 0 Å². The van der Waals surface area contributed by atoms with Gasteiger partial charge in [0.2, 0.25) is 5.96 Å². The van der Waals surface area contributed by atoms with Gasteiger partial charge < -0.3 is 4.90 Å². The van der Waals surface area contributed by atoms with Crippen molar-refractivity contribution in [2.75, 3.05) is 20.1 Å². The van der Waals surface area contributed by atoms with Crippen molar-refractivity contribution in [1.82, 2.24) is 10.3 Å². The molecule has 13 heavy (non-hydrogen) atoms. The van der Waals surface area contributed by atoms with E-state index in [1.165, 1.54) is 12.8 Å². The van der Waals surface area contributed by atoms with Gasteiger partial charge in [0.15, 0.2) is 0 Å². The predicted octanol–water partition coefficient (Wildman–Crippen LogP) is 0.948. The standard InChI is InChI=1S/C9H22N4/c1-4-6-8-13(3)9(12-10)11-7-5-2/h4-8,10H2,1-3H3,(H,11,12). The fourth-order valence-corrected chi connectivity index (χ4v) is 0.995. The molecule has 0 amide bonds. The summed E-state index contributed by atoms with van der Waals surface area (Å²) < 4.78 is 0. The molecule has 0 atom stereocenters. The Hall–Kier alpha value is -0.770. The Morgan fingerprint density at radius 3 is 2.54 bits per heavy atom. The third-order valence-electron chi connectivity index (χ3n) is 1.82. The summed E-state index contributed by atoms with van der Waals surface area (Å²) in [5.74, 6) is 6.15. The molecular formula is C9H22N4. The molecule has 0 aromatic rings. The van der Waals surface area contributed by atoms with Gasteiger partial charge in [-0.2, -0.15) is 0 Å². The van der Waals surface area contributed by atoms with Crippen molar-refractivity contribution in [2.45, 2.75) is 33.1 Å². The molecule has 0 saturated heterocycles. The van der Waals surface area contributed by atoms with E-state index in [1.807, 2.05) is 7.05 Å². The molecular weight excluding hydrogens is 164 g/mol. The topological polar surface area (TPSA) is 53.6 Å². The average molecular weight is 186 g/mol. The van der Waals surface area contributed by atoms with Crippen LogP contribution >= 0.6 is 0 Å². The van der Waals surface area contributed by atoms with Gasteiger partial charge in [-0.25, -0.2) is 5.84 Å². The number of hydrogen-bond acceptors (Lipinski definition) is 2. The van der Waals surface area contributed by atoms with Gasteiger partial charge in [-0.15, -0.1) is 0 Å². The Morgan fingerprint density at radius 1 is 1.38 bits per heavy atom. The number of aliphatic imine (C=N–C) groups is 1. The highest BCUT2D eigenvalue weighted by molar-refractivity contribution is 5.79. The molecule has 0 aliphatic carbocycles. The van der Waals surface area contributed by atoms with Crippen LogP contribution in [-0.4, -0.2) is 31.0 Å². The largest absolute Gasteiger partial charge is 0.345 e. The second kappa shape index (κ2) is 7.86. The summed E-state index contributed by atoms with van der Waals surface area (Å²) in [7, 11) is 2.00. The van der Waals surface area contributed by atoms with Crippen molar-refractivity contribution in [3.63, 3.8) is 0 Å². The van der Waals surface area contributed by atoms with E-state index in [0.29, 0.717) is 0 Å². The molecule has 0 heterocycles. The Morgan fingerprint density at radius 2 is 2.08 bits per heavy atom. The number of nitrogens with two attached hydrogens (primary N) is 1. The fraction of sp³-hybridized carbons (Fsp3) is 0.889. The maximum atomic E-state index is 5.36. The molecule has 0 aliphatic rings. The minimum absolute atomic E-state index is 0.787. The van der Waals surface area contributed by atoms with Crippen molar-refractivity contribution < 1.29 is 0 Å². The molecule has 0 aliphatic heterocycles. The minimum atomic E-state index is 0.787. The zero-order valence-corrected chi connectivity index (χ0v) is 9.01. The Balaban J connectivity index is 3.90. The van der Waals surface area contributed by atoms with Crippen LogP contribution in [0.2, 0.25) is 0 Å². The lowest BCUT2D eigenvalue weighted by atomic mass is 10.3. The van der Waals surface area contributed by atoms with Crippen LogP contribution in [0.1, 0.15) is 33.1 Å². The first-order chi connectivity index (χ1) is 6.26. The van der Waals surface area contributed by atoms with Crippen molar-refractivity contribution in [1.29, 1.82) is 0 Å². The maximum Gasteiger partial charge on any atom is 0.208 e. The van der Waals surface area contributed by atoms with E-state index in [1.54, 1.807) is 0 Å². The van der Waals surface area contributed by atoms with Crippen LogP contribution in [0.4, 0.5) is 0 Å². The highest BCUT2D eigenvalue weighted by Crippen LogP contribution is 1.92. The highest BCUT2D eigenvalue weighted by Gasteiger charge is 2.02. The summed E-state index contributed by atoms with van der Waals surface area (Å²) in [5.41, 5.74) is 2.62. The summed E-state index contributed by atoms with van der Waals surface area (Å²) in [5, 5.41) is 0. The molecule has 0 fully saturated rings. The third-order valence-corrected chi connectivity index (χ3v) is 1.82. The average Bonchev–Trinajstić information content (AvgIpc) is 2.16. The number of guanidine groups is 1. The number of rotatable bonds is 5. The van der Waals surface area contributed by atoms with E-state index in [-0.39, 0.29) is 0 Å². The fourth-order valence-electron chi connectivity index (χ4n) is 0.995. The SMILES string of the molecule is CCCCN(C)C(=NCCC)NN. The molecule has 0 saturated carbocycles. The van der Waals surface area contributed by atoms with Crippen LogP contribution in [0.15, 0.2) is 4.99 Å². The van der Waals surface area contributed by atoms with Gasteiger partial charge >= 0.3 is 0 Å². The zero-order chi connectivity index (χ0) is 10.1. The summed E-state index contributed by atoms with van der Waals surface area (Å²) in [6, 6.07) is 0. The summed E-state index contributed by atoms with van der Waals surface area (Å²) in [4.78, 5) is 6.37. The van der Waals surface area contributed by atoms with Crippen molar-refractivity contribution in [2.24, 2.45) is 10.8 Å². The van der Waals surface area contributed by atoms with E-state index >= 15 is 0 Å². The monoisotopic (exact) mass is 186 g/mol. The Labute approximate surface area is 81.2 Å². The lowest BCUT2D eigenvalue weighted by Gasteiger charge is -2.20. The first kappa shape index (κ1) is 12.2. The Bertz CT molecular complexity index is 145. The molecule has 0 unspecified atom stereocenters. The van der Waals surface area contributed by atoms with Gasteiger partial charge in [-0.3, -0.25) is 10.4 Å². The van der Waals surface area contributed by atoms with Gasteiger partial charge in [-0.1, -0.05) is 20.3 Å². The summed E-state index contributed by atoms with van der Waals surface area (Å²) >= 11 is 0. The lowest BCUT2D eigenvalue weighted by molar-refractivity contribution is 0.465. The van der Waals surface area contributed by atoms with Crippen molar-refractivity contribution in [3.8, 4) is 0 Å². The van der Waals surface area contributed by atoms with Crippen LogP contribution < -0.4 is 11.3 Å². The molecule has 4 nitrogen and oxygen atoms in total. The van der Waals surface area contributed by atoms with Crippen LogP contribution in [0.25, 0.3) is 0 Å². The third kappa shape index (κ3) is 5.47. The smallest absolute Gasteiger partial charge is 0.208 e. The van der Waals surface area contributed by atoms with E-state index in [4.69, 9.17) is 5.84 Å². The Kier molecular flexibility index (Phi) is 7.39. The van der Waals surface area contributed by atoms with E-state index in [9.17, 15) is 0 Å². The van der Waals surface area contributed by atoms with Crippen molar-refractivity contribution >= 4 is 5.96 Å². The summed E-state index contributed by atoms with van der Waals surface area (Å²) in [6.07, 6.45) is 3.41. The normalized spacial score (nSPS) is 11.5. The number of nitrogens with zero attached hydrogens (tertiary/aromatic N) is 2. The van der Waals surface area contributed by atoms with Crippen molar-refractivity contribution in [3.05, 3.63) is 0 Å². The summed E-state index contributed by atoms with van der Waals surface area (Å²) in [6.45, 7) is 6.11. The molecule has 4 heteroatoms. The maximum absolute atomic E-state index is 5.36. The number of hydrogen-bond donors (Lipinski definition) is 2.